The van der Waals surface area contributed by atoms with Gasteiger partial charge < -0.3 is 37.2 Å². The van der Waals surface area contributed by atoms with Crippen molar-refractivity contribution in [3.05, 3.63) is 71.8 Å². The molecular formula is C46H70N8O5. The molecular weight excluding hydrogens is 745 g/mol. The maximum absolute atomic E-state index is 15.2. The van der Waals surface area contributed by atoms with Gasteiger partial charge in [-0.2, -0.15) is 0 Å². The molecule has 2 heterocycles. The normalized spacial score (nSPS) is 19.6. The number of nitrogens with one attached hydrogen (secondary N) is 3. The van der Waals surface area contributed by atoms with Crippen LogP contribution in [0.4, 0.5) is 0 Å². The van der Waals surface area contributed by atoms with E-state index < -0.39 is 47.9 Å². The smallest absolute Gasteiger partial charge is 0.252 e. The maximum Gasteiger partial charge on any atom is 0.252 e. The predicted molar refractivity (Wildman–Crippen MR) is 231 cm³/mol. The number of nitrogens with zero attached hydrogens (tertiary/aromatic N) is 3. The first kappa shape index (κ1) is 45.9. The van der Waals surface area contributed by atoms with Crippen LogP contribution in [-0.2, 0) is 36.8 Å². The number of carbonyl (C=O) groups is 5. The van der Waals surface area contributed by atoms with Crippen LogP contribution < -0.4 is 27.4 Å². The number of unbranched alkanes of at least 4 members (excludes halogenated alkanes) is 1. The van der Waals surface area contributed by atoms with Gasteiger partial charge in [0.1, 0.15) is 18.1 Å². The van der Waals surface area contributed by atoms with Crippen molar-refractivity contribution >= 4 is 29.5 Å². The summed E-state index contributed by atoms with van der Waals surface area (Å²) in [4.78, 5) is 77.7. The van der Waals surface area contributed by atoms with Gasteiger partial charge in [-0.05, 0) is 102 Å². The SMILES string of the molecule is CN[C@@H](Cc1ccccc1)C(=O)N[C@@H](CCCCN)C(=O)N1CCC[C@H]1C(=O)N(C(=O)[C@H](N)CC1CCCCC1)[C@@H](Cc1ccccc1)C(=O)NCCN1CCCCC1. The fourth-order valence-corrected chi connectivity index (χ4v) is 9.10. The van der Waals surface area contributed by atoms with Crippen molar-refractivity contribution < 1.29 is 24.0 Å². The Morgan fingerprint density at radius 1 is 0.763 bits per heavy atom. The molecule has 0 radical (unpaired) electrons. The average molecular weight is 815 g/mol. The molecule has 3 aliphatic rings. The van der Waals surface area contributed by atoms with Crippen molar-refractivity contribution in [2.75, 3.05) is 46.3 Å². The Bertz CT molecular complexity index is 1620. The van der Waals surface area contributed by atoms with E-state index >= 15 is 4.79 Å². The summed E-state index contributed by atoms with van der Waals surface area (Å²) >= 11 is 0. The van der Waals surface area contributed by atoms with E-state index in [1.807, 2.05) is 60.7 Å². The third kappa shape index (κ3) is 13.7. The summed E-state index contributed by atoms with van der Waals surface area (Å²) < 4.78 is 0. The Labute approximate surface area is 351 Å². The number of amides is 5. The molecule has 13 nitrogen and oxygen atoms in total. The monoisotopic (exact) mass is 815 g/mol. The largest absolute Gasteiger partial charge is 0.353 e. The van der Waals surface area contributed by atoms with Crippen LogP contribution in [0.3, 0.4) is 0 Å². The van der Waals surface area contributed by atoms with Gasteiger partial charge in [-0.1, -0.05) is 99.2 Å². The van der Waals surface area contributed by atoms with E-state index in [1.165, 1.54) is 11.3 Å². The van der Waals surface area contributed by atoms with Gasteiger partial charge in [-0.15, -0.1) is 0 Å². The van der Waals surface area contributed by atoms with Crippen molar-refractivity contribution in [3.8, 4) is 0 Å². The number of likely N-dealkylation sites (N-methyl/N-ethyl adjacent to an activating group) is 1. The van der Waals surface area contributed by atoms with Crippen LogP contribution in [0.2, 0.25) is 0 Å². The summed E-state index contributed by atoms with van der Waals surface area (Å²) in [5.74, 6) is -2.05. The molecule has 5 atom stereocenters. The van der Waals surface area contributed by atoms with E-state index in [2.05, 4.69) is 20.9 Å². The van der Waals surface area contributed by atoms with E-state index in [-0.39, 0.29) is 30.7 Å². The fraction of sp³-hybridized carbons (Fsp3) is 0.630. The highest BCUT2D eigenvalue weighted by atomic mass is 16.2. The Hall–Kier alpha value is -4.17. The van der Waals surface area contributed by atoms with E-state index in [1.54, 1.807) is 7.05 Å². The number of rotatable bonds is 21. The van der Waals surface area contributed by atoms with Gasteiger partial charge >= 0.3 is 0 Å². The molecule has 0 spiro atoms. The van der Waals surface area contributed by atoms with Gasteiger partial charge in [0.15, 0.2) is 0 Å². The number of nitrogens with two attached hydrogens (primary N) is 2. The standard InChI is InChI=1S/C46H70N8O5/c1-49-39(32-35-19-8-3-9-20-35)42(55)51-38(23-12-13-25-47)45(58)53-29-16-24-40(53)46(59)54(44(57)37(48)31-34-17-6-2-7-18-34)41(33-36-21-10-4-11-22-36)43(56)50-26-30-52-27-14-5-15-28-52/h3-4,8-11,19-22,34,37-41,49H,2,5-7,12-18,23-33,47-48H2,1H3,(H,50,56)(H,51,55)/t37-,38+,39+,40+,41+/m1/s1. The van der Waals surface area contributed by atoms with Gasteiger partial charge in [-0.25, -0.2) is 0 Å². The Balaban J connectivity index is 1.42. The number of carbonyl (C=O) groups excluding carboxylic acids is 5. The Kier molecular flexibility index (Phi) is 18.8. The summed E-state index contributed by atoms with van der Waals surface area (Å²) in [7, 11) is 1.72. The lowest BCUT2D eigenvalue weighted by molar-refractivity contribution is -0.158. The number of hydrogen-bond donors (Lipinski definition) is 5. The van der Waals surface area contributed by atoms with Crippen LogP contribution in [0.25, 0.3) is 0 Å². The molecule has 5 rings (SSSR count). The third-order valence-corrected chi connectivity index (χ3v) is 12.5. The second-order valence-corrected chi connectivity index (χ2v) is 16.9. The highest BCUT2D eigenvalue weighted by Gasteiger charge is 2.45. The van der Waals surface area contributed by atoms with Crippen molar-refractivity contribution in [3.63, 3.8) is 0 Å². The molecule has 1 saturated carbocycles. The zero-order chi connectivity index (χ0) is 42.0. The number of imide groups is 1. The van der Waals surface area contributed by atoms with Crippen LogP contribution in [0, 0.1) is 5.92 Å². The molecule has 7 N–H and O–H groups in total. The zero-order valence-electron chi connectivity index (χ0n) is 35.3. The second kappa shape index (κ2) is 24.2. The molecule has 0 unspecified atom stereocenters. The third-order valence-electron chi connectivity index (χ3n) is 12.5. The fourth-order valence-electron chi connectivity index (χ4n) is 9.10. The van der Waals surface area contributed by atoms with Gasteiger partial charge in [0.2, 0.25) is 23.6 Å². The minimum Gasteiger partial charge on any atom is -0.353 e. The molecule has 2 aromatic rings. The highest BCUT2D eigenvalue weighted by Crippen LogP contribution is 2.29. The number of hydrogen-bond acceptors (Lipinski definition) is 9. The minimum atomic E-state index is -1.18. The summed E-state index contributed by atoms with van der Waals surface area (Å²) in [6.07, 6.45) is 12.1. The van der Waals surface area contributed by atoms with Gasteiger partial charge in [0.25, 0.3) is 5.91 Å². The van der Waals surface area contributed by atoms with Crippen molar-refractivity contribution in [2.24, 2.45) is 17.4 Å². The number of benzene rings is 2. The summed E-state index contributed by atoms with van der Waals surface area (Å²) in [6.45, 7) is 3.72. The summed E-state index contributed by atoms with van der Waals surface area (Å²) in [6, 6.07) is 14.4. The van der Waals surface area contributed by atoms with Crippen molar-refractivity contribution in [1.82, 2.24) is 30.7 Å². The van der Waals surface area contributed by atoms with E-state index in [9.17, 15) is 19.2 Å². The lowest BCUT2D eigenvalue weighted by Gasteiger charge is -2.37. The lowest BCUT2D eigenvalue weighted by atomic mass is 9.84. The number of likely N-dealkylation sites (tertiary alicyclic amines) is 2. The van der Waals surface area contributed by atoms with Gasteiger partial charge in [-0.3, -0.25) is 28.9 Å². The van der Waals surface area contributed by atoms with Gasteiger partial charge in [0, 0.05) is 26.1 Å². The molecule has 324 valence electrons. The first-order chi connectivity index (χ1) is 28.7. The molecule has 2 aromatic carbocycles. The molecule has 2 aliphatic heterocycles. The molecule has 13 heteroatoms. The van der Waals surface area contributed by atoms with Crippen molar-refractivity contribution in [1.29, 1.82) is 0 Å². The quantitative estimate of drug-likeness (QED) is 0.118. The number of piperidine rings is 1. The van der Waals surface area contributed by atoms with Crippen LogP contribution in [-0.4, -0.2) is 121 Å². The topological polar surface area (TPSA) is 183 Å². The molecule has 0 bridgehead atoms. The lowest BCUT2D eigenvalue weighted by Crippen LogP contribution is -2.62. The van der Waals surface area contributed by atoms with Crippen LogP contribution >= 0.6 is 0 Å². The van der Waals surface area contributed by atoms with E-state index in [0.29, 0.717) is 64.6 Å². The first-order valence-corrected chi connectivity index (χ1v) is 22.4. The van der Waals surface area contributed by atoms with Crippen molar-refractivity contribution in [2.45, 2.75) is 133 Å². The molecule has 2 saturated heterocycles. The summed E-state index contributed by atoms with van der Waals surface area (Å²) in [5, 5.41) is 9.18. The van der Waals surface area contributed by atoms with Crippen LogP contribution in [0.15, 0.2) is 60.7 Å². The molecule has 1 aliphatic carbocycles. The second-order valence-electron chi connectivity index (χ2n) is 16.9. The maximum atomic E-state index is 15.2. The Morgan fingerprint density at radius 2 is 1.41 bits per heavy atom. The minimum absolute atomic E-state index is 0.106. The molecule has 59 heavy (non-hydrogen) atoms. The first-order valence-electron chi connectivity index (χ1n) is 22.4. The van der Waals surface area contributed by atoms with E-state index in [0.717, 1.165) is 74.1 Å². The zero-order valence-corrected chi connectivity index (χ0v) is 35.3. The molecule has 0 aromatic heterocycles. The van der Waals surface area contributed by atoms with Crippen LogP contribution in [0.1, 0.15) is 101 Å². The van der Waals surface area contributed by atoms with Gasteiger partial charge in [0.05, 0.1) is 12.1 Å². The Morgan fingerprint density at radius 3 is 2.05 bits per heavy atom. The molecule has 3 fully saturated rings. The summed E-state index contributed by atoms with van der Waals surface area (Å²) in [5.41, 5.74) is 14.4. The highest BCUT2D eigenvalue weighted by molar-refractivity contribution is 6.05. The van der Waals surface area contributed by atoms with Crippen LogP contribution in [0.5, 0.6) is 0 Å². The average Bonchev–Trinajstić information content (AvgIpc) is 3.76. The van der Waals surface area contributed by atoms with E-state index in [4.69, 9.17) is 11.5 Å². The molecule has 5 amide bonds. The predicted octanol–water partition coefficient (Wildman–Crippen LogP) is 3.29.